The number of aryl methyl sites for hydroxylation is 1. The molecule has 1 aromatic carbocycles. The third-order valence-electron chi connectivity index (χ3n) is 5.10. The predicted octanol–water partition coefficient (Wildman–Crippen LogP) is 4.21. The molecular weight excluding hydrogens is 405 g/mol. The smallest absolute Gasteiger partial charge is 0.355 e. The van der Waals surface area contributed by atoms with Crippen molar-refractivity contribution in [3.63, 3.8) is 0 Å². The molecule has 2 aromatic rings. The number of rotatable bonds is 3. The van der Waals surface area contributed by atoms with Crippen LogP contribution >= 0.6 is 0 Å². The number of hydrogen-bond donors (Lipinski definition) is 1. The van der Waals surface area contributed by atoms with Crippen molar-refractivity contribution in [2.45, 2.75) is 46.8 Å². The second kappa shape index (κ2) is 10.0. The number of hydrogen-bond acceptors (Lipinski definition) is 4. The van der Waals surface area contributed by atoms with Gasteiger partial charge in [0.1, 0.15) is 5.82 Å². The van der Waals surface area contributed by atoms with Crippen LogP contribution in [0.3, 0.4) is 0 Å². The van der Waals surface area contributed by atoms with Crippen molar-refractivity contribution in [1.82, 2.24) is 9.47 Å². The van der Waals surface area contributed by atoms with Gasteiger partial charge in [0, 0.05) is 44.7 Å². The first-order chi connectivity index (χ1) is 14.3. The largest absolute Gasteiger partial charge is 0.401 e. The lowest BCUT2D eigenvalue weighted by molar-refractivity contribution is -0.146. The second-order valence-electron chi connectivity index (χ2n) is 9.08. The first-order valence-corrected chi connectivity index (χ1v) is 10.7. The number of aromatic nitrogens is 1. The van der Waals surface area contributed by atoms with E-state index in [1.54, 1.807) is 11.6 Å². The minimum atomic E-state index is -4.19. The molecule has 0 spiro atoms. The van der Waals surface area contributed by atoms with E-state index in [0.717, 1.165) is 22.4 Å². The van der Waals surface area contributed by atoms with Crippen LogP contribution in [0.2, 0.25) is 0 Å². The molecular formula is C23H35F3N4O. The van der Waals surface area contributed by atoms with Crippen molar-refractivity contribution in [3.8, 4) is 0 Å². The number of alkyl halides is 3. The summed E-state index contributed by atoms with van der Waals surface area (Å²) < 4.78 is 39.4. The number of piperazine rings is 1. The van der Waals surface area contributed by atoms with E-state index in [2.05, 4.69) is 20.8 Å². The summed E-state index contributed by atoms with van der Waals surface area (Å²) >= 11 is 0. The molecule has 0 bridgehead atoms. The highest BCUT2D eigenvalue weighted by molar-refractivity contribution is 5.88. The molecule has 174 valence electrons. The predicted molar refractivity (Wildman–Crippen MR) is 122 cm³/mol. The minimum absolute atomic E-state index is 0.120. The summed E-state index contributed by atoms with van der Waals surface area (Å²) in [6.45, 7) is 10.9. The van der Waals surface area contributed by atoms with Gasteiger partial charge in [0.2, 0.25) is 0 Å². The summed E-state index contributed by atoms with van der Waals surface area (Å²) in [4.78, 5) is 16.3. The molecule has 3 rings (SSSR count). The Hall–Kier alpha value is -2.06. The monoisotopic (exact) mass is 440 g/mol. The van der Waals surface area contributed by atoms with Crippen molar-refractivity contribution in [2.24, 2.45) is 18.7 Å². The summed E-state index contributed by atoms with van der Waals surface area (Å²) in [5.41, 5.74) is 7.86. The lowest BCUT2D eigenvalue weighted by atomic mass is 9.98. The van der Waals surface area contributed by atoms with E-state index in [1.165, 1.54) is 4.90 Å². The van der Waals surface area contributed by atoms with Gasteiger partial charge in [-0.2, -0.15) is 13.2 Å². The maximum Gasteiger partial charge on any atom is 0.401 e. The Bertz CT molecular complexity index is 940. The molecule has 1 atom stereocenters. The van der Waals surface area contributed by atoms with Crippen LogP contribution in [-0.4, -0.2) is 48.4 Å². The normalized spacial score (nSPS) is 16.4. The zero-order valence-electron chi connectivity index (χ0n) is 19.4. The molecule has 1 aliphatic rings. The maximum absolute atomic E-state index is 12.9. The zero-order valence-corrected chi connectivity index (χ0v) is 19.4. The maximum atomic E-state index is 12.9. The molecule has 0 aliphatic carbocycles. The molecule has 1 unspecified atom stereocenters. The van der Waals surface area contributed by atoms with Gasteiger partial charge in [0.15, 0.2) is 0 Å². The van der Waals surface area contributed by atoms with Crippen molar-refractivity contribution in [1.29, 1.82) is 0 Å². The van der Waals surface area contributed by atoms with E-state index in [-0.39, 0.29) is 11.6 Å². The second-order valence-corrected chi connectivity index (χ2v) is 9.08. The van der Waals surface area contributed by atoms with Gasteiger partial charge in [-0.15, -0.1) is 0 Å². The lowest BCUT2D eigenvalue weighted by Gasteiger charge is -2.37. The zero-order chi connectivity index (χ0) is 23.5. The van der Waals surface area contributed by atoms with Gasteiger partial charge >= 0.3 is 6.18 Å². The Morgan fingerprint density at radius 3 is 2.03 bits per heavy atom. The highest BCUT2D eigenvalue weighted by Gasteiger charge is 2.32. The molecule has 1 aromatic heterocycles. The molecule has 1 fully saturated rings. The summed E-state index contributed by atoms with van der Waals surface area (Å²) in [5.74, 6) is 1.55. The molecule has 1 aliphatic heterocycles. The Kier molecular flexibility index (Phi) is 8.16. The van der Waals surface area contributed by atoms with Crippen LogP contribution in [0.5, 0.6) is 0 Å². The Balaban J connectivity index is 0.000000785. The topological polar surface area (TPSA) is 54.5 Å². The number of fused-ring (bicyclic) bond motifs is 1. The molecule has 0 saturated carbocycles. The third kappa shape index (κ3) is 6.71. The van der Waals surface area contributed by atoms with Crippen LogP contribution in [-0.2, 0) is 7.05 Å². The summed E-state index contributed by atoms with van der Waals surface area (Å²) in [6, 6.07) is 5.55. The number of pyridine rings is 1. The molecule has 5 nitrogen and oxygen atoms in total. The van der Waals surface area contributed by atoms with Crippen molar-refractivity contribution in [2.75, 3.05) is 37.6 Å². The number of halogens is 3. The number of anilines is 1. The first kappa shape index (κ1) is 25.2. The van der Waals surface area contributed by atoms with Crippen LogP contribution < -0.4 is 16.2 Å². The number of nitrogens with two attached hydrogens (primary N) is 1. The van der Waals surface area contributed by atoms with Gasteiger partial charge in [-0.3, -0.25) is 14.3 Å². The van der Waals surface area contributed by atoms with Gasteiger partial charge in [-0.05, 0) is 48.4 Å². The number of nitrogens with zero attached hydrogens (tertiary/aromatic N) is 3. The van der Waals surface area contributed by atoms with Crippen molar-refractivity contribution < 1.29 is 13.2 Å². The molecule has 2 heterocycles. The first-order valence-electron chi connectivity index (χ1n) is 10.7. The molecule has 2 N–H and O–H groups in total. The molecule has 0 amide bonds. The Morgan fingerprint density at radius 1 is 1.00 bits per heavy atom. The van der Waals surface area contributed by atoms with Gasteiger partial charge in [-0.25, -0.2) is 0 Å². The molecule has 0 radical (unpaired) electrons. The minimum Gasteiger partial charge on any atom is -0.355 e. The van der Waals surface area contributed by atoms with E-state index in [1.807, 2.05) is 36.9 Å². The van der Waals surface area contributed by atoms with Crippen LogP contribution in [0.1, 0.15) is 44.9 Å². The van der Waals surface area contributed by atoms with Crippen molar-refractivity contribution in [3.05, 3.63) is 39.7 Å². The highest BCUT2D eigenvalue weighted by Crippen LogP contribution is 2.27. The Morgan fingerprint density at radius 2 is 1.55 bits per heavy atom. The lowest BCUT2D eigenvalue weighted by Crippen LogP contribution is -2.50. The number of benzene rings is 1. The summed E-state index contributed by atoms with van der Waals surface area (Å²) in [7, 11) is 1.70. The van der Waals surface area contributed by atoms with E-state index in [9.17, 15) is 18.0 Å². The SMILES string of the molecule is CC(C)C.Cc1cc(C(C)N)c2cc(N3CCN(CC(F)(F)F)CC3)n(C)c(=O)c2c1. The van der Waals surface area contributed by atoms with Gasteiger partial charge in [-0.1, -0.05) is 26.8 Å². The van der Waals surface area contributed by atoms with E-state index >= 15 is 0 Å². The average Bonchev–Trinajstić information content (AvgIpc) is 2.63. The van der Waals surface area contributed by atoms with Crippen LogP contribution in [0.25, 0.3) is 10.8 Å². The van der Waals surface area contributed by atoms with Gasteiger partial charge in [0.05, 0.1) is 6.54 Å². The highest BCUT2D eigenvalue weighted by atomic mass is 19.4. The van der Waals surface area contributed by atoms with Gasteiger partial charge in [0.25, 0.3) is 5.56 Å². The van der Waals surface area contributed by atoms with Crippen molar-refractivity contribution >= 4 is 16.6 Å². The van der Waals surface area contributed by atoms with Crippen LogP contribution in [0.15, 0.2) is 23.0 Å². The molecule has 1 saturated heterocycles. The fourth-order valence-corrected chi connectivity index (χ4v) is 3.74. The van der Waals surface area contributed by atoms with E-state index < -0.39 is 12.7 Å². The average molecular weight is 441 g/mol. The third-order valence-corrected chi connectivity index (χ3v) is 5.10. The quantitative estimate of drug-likeness (QED) is 0.777. The van der Waals surface area contributed by atoms with E-state index in [4.69, 9.17) is 5.73 Å². The van der Waals surface area contributed by atoms with Gasteiger partial charge < -0.3 is 10.6 Å². The van der Waals surface area contributed by atoms with E-state index in [0.29, 0.717) is 37.4 Å². The summed E-state index contributed by atoms with van der Waals surface area (Å²) in [6.07, 6.45) is -4.19. The Labute approximate surface area is 182 Å². The summed E-state index contributed by atoms with van der Waals surface area (Å²) in [5, 5.41) is 1.43. The fraction of sp³-hybridized carbons (Fsp3) is 0.609. The fourth-order valence-electron chi connectivity index (χ4n) is 3.74. The molecule has 8 heteroatoms. The van der Waals surface area contributed by atoms with Crippen LogP contribution in [0, 0.1) is 12.8 Å². The standard InChI is InChI=1S/C19H25F3N4O.C4H10/c1-12-8-14(13(2)23)15-10-17(24(3)18(27)16(15)9-12)26-6-4-25(5-7-26)11-19(20,21)22;1-4(2)3/h8-10,13H,4-7,11,23H2,1-3H3;4H,1-3H3. The molecule has 31 heavy (non-hydrogen) atoms. The van der Waals surface area contributed by atoms with Crippen LogP contribution in [0.4, 0.5) is 19.0 Å².